The van der Waals surface area contributed by atoms with Crippen LogP contribution in [0.2, 0.25) is 0 Å². The van der Waals surface area contributed by atoms with Crippen molar-refractivity contribution in [3.8, 4) is 11.3 Å². The predicted molar refractivity (Wildman–Crippen MR) is 108 cm³/mol. The van der Waals surface area contributed by atoms with E-state index in [1.807, 2.05) is 36.5 Å². The van der Waals surface area contributed by atoms with Crippen molar-refractivity contribution >= 4 is 5.91 Å². The lowest BCUT2D eigenvalue weighted by molar-refractivity contribution is -0.0962. The molecule has 2 N–H and O–H groups in total. The van der Waals surface area contributed by atoms with E-state index >= 15 is 0 Å². The van der Waals surface area contributed by atoms with Gasteiger partial charge in [-0.3, -0.25) is 14.7 Å². The number of amides is 1. The molecular weight excluding hydrogens is 368 g/mol. The van der Waals surface area contributed by atoms with Gasteiger partial charge in [0.25, 0.3) is 11.5 Å². The summed E-state index contributed by atoms with van der Waals surface area (Å²) in [5.74, 6) is -0.235. The Kier molecular flexibility index (Phi) is 4.32. The zero-order valence-electron chi connectivity index (χ0n) is 16.0. The minimum absolute atomic E-state index is 0.174. The van der Waals surface area contributed by atoms with Crippen molar-refractivity contribution < 1.29 is 9.53 Å². The van der Waals surface area contributed by atoms with E-state index in [4.69, 9.17) is 4.74 Å². The van der Waals surface area contributed by atoms with Crippen molar-refractivity contribution in [1.29, 1.82) is 0 Å². The van der Waals surface area contributed by atoms with Crippen LogP contribution in [-0.2, 0) is 16.8 Å². The van der Waals surface area contributed by atoms with Gasteiger partial charge in [-0.05, 0) is 42.5 Å². The number of aromatic amines is 2. The Morgan fingerprint density at radius 3 is 2.66 bits per heavy atom. The summed E-state index contributed by atoms with van der Waals surface area (Å²) >= 11 is 0. The number of hydrogen-bond acceptors (Lipinski definition) is 4. The van der Waals surface area contributed by atoms with Crippen molar-refractivity contribution in [2.75, 3.05) is 19.7 Å². The number of rotatable bonds is 2. The number of H-pyrrole nitrogens is 2. The van der Waals surface area contributed by atoms with Gasteiger partial charge in [0, 0.05) is 18.8 Å². The maximum atomic E-state index is 13.0. The fraction of sp³-hybridized carbons (Fsp3) is 0.318. The van der Waals surface area contributed by atoms with Gasteiger partial charge in [-0.1, -0.05) is 30.3 Å². The molecule has 7 heteroatoms. The number of nitrogens with zero attached hydrogens (tertiary/aromatic N) is 2. The van der Waals surface area contributed by atoms with Gasteiger partial charge >= 0.3 is 0 Å². The van der Waals surface area contributed by atoms with Crippen LogP contribution < -0.4 is 5.56 Å². The predicted octanol–water partition coefficient (Wildman–Crippen LogP) is 2.47. The minimum atomic E-state index is -0.398. The number of benzene rings is 1. The molecule has 0 aliphatic carbocycles. The van der Waals surface area contributed by atoms with Gasteiger partial charge in [-0.15, -0.1) is 0 Å². The zero-order valence-corrected chi connectivity index (χ0v) is 16.0. The molecule has 1 aromatic carbocycles. The van der Waals surface area contributed by atoms with E-state index in [1.165, 1.54) is 5.56 Å². The fourth-order valence-corrected chi connectivity index (χ4v) is 4.39. The second-order valence-corrected chi connectivity index (χ2v) is 7.64. The molecule has 2 aliphatic rings. The molecule has 3 aromatic rings. The van der Waals surface area contributed by atoms with Crippen molar-refractivity contribution in [2.24, 2.45) is 0 Å². The number of hydrogen-bond donors (Lipinski definition) is 2. The number of aromatic nitrogens is 3. The summed E-state index contributed by atoms with van der Waals surface area (Å²) in [4.78, 5) is 30.1. The SMILES string of the molecule is O=C(c1ccc(-c2ccccc2)[nH]c1=O)N1CCC2(CC1)OCCc1cn[nH]c12. The third-order valence-electron chi connectivity index (χ3n) is 6.01. The van der Waals surface area contributed by atoms with E-state index in [-0.39, 0.29) is 17.0 Å². The summed E-state index contributed by atoms with van der Waals surface area (Å²) in [6.45, 7) is 1.75. The van der Waals surface area contributed by atoms with E-state index < -0.39 is 5.60 Å². The standard InChI is InChI=1S/C22H22N4O3/c27-20-17(6-7-18(24-20)15-4-2-1-3-5-15)21(28)26-11-9-22(10-12-26)19-16(8-13-29-22)14-23-25-19/h1-7,14H,8-13H2,(H,23,25)(H,24,27). The van der Waals surface area contributed by atoms with E-state index in [1.54, 1.807) is 17.0 Å². The van der Waals surface area contributed by atoms with E-state index in [2.05, 4.69) is 15.2 Å². The molecule has 2 aliphatic heterocycles. The number of carbonyl (C=O) groups is 1. The Morgan fingerprint density at radius 2 is 1.90 bits per heavy atom. The number of likely N-dealkylation sites (tertiary alicyclic amines) is 1. The molecule has 1 fully saturated rings. The van der Waals surface area contributed by atoms with Crippen LogP contribution in [0.5, 0.6) is 0 Å². The summed E-state index contributed by atoms with van der Waals surface area (Å²) in [6.07, 6.45) is 4.10. The van der Waals surface area contributed by atoms with Gasteiger partial charge in [0.2, 0.25) is 0 Å². The molecule has 0 unspecified atom stereocenters. The maximum absolute atomic E-state index is 13.0. The van der Waals surface area contributed by atoms with Crippen LogP contribution in [0.4, 0.5) is 0 Å². The molecule has 29 heavy (non-hydrogen) atoms. The van der Waals surface area contributed by atoms with Crippen LogP contribution in [0, 0.1) is 0 Å². The molecule has 2 aromatic heterocycles. The first-order chi connectivity index (χ1) is 14.2. The van der Waals surface area contributed by atoms with Gasteiger partial charge in [0.15, 0.2) is 0 Å². The lowest BCUT2D eigenvalue weighted by Gasteiger charge is -2.43. The number of carbonyl (C=O) groups excluding carboxylic acids is 1. The van der Waals surface area contributed by atoms with Crippen LogP contribution in [0.25, 0.3) is 11.3 Å². The van der Waals surface area contributed by atoms with E-state index in [9.17, 15) is 9.59 Å². The summed E-state index contributed by atoms with van der Waals surface area (Å²) in [7, 11) is 0. The Hall–Kier alpha value is -3.19. The highest BCUT2D eigenvalue weighted by Gasteiger charge is 2.43. The Labute approximate surface area is 167 Å². The number of fused-ring (bicyclic) bond motifs is 2. The second kappa shape index (κ2) is 7.00. The summed E-state index contributed by atoms with van der Waals surface area (Å²) in [5, 5.41) is 7.26. The van der Waals surface area contributed by atoms with Crippen molar-refractivity contribution in [2.45, 2.75) is 24.9 Å². The molecule has 5 rings (SSSR count). The number of ether oxygens (including phenoxy) is 1. The molecule has 0 bridgehead atoms. The maximum Gasteiger partial charge on any atom is 0.261 e. The highest BCUT2D eigenvalue weighted by Crippen LogP contribution is 2.40. The van der Waals surface area contributed by atoms with Crippen molar-refractivity contribution in [3.05, 3.63) is 75.8 Å². The van der Waals surface area contributed by atoms with Crippen LogP contribution in [0.1, 0.15) is 34.5 Å². The molecule has 4 heterocycles. The molecule has 0 radical (unpaired) electrons. The van der Waals surface area contributed by atoms with E-state index in [0.29, 0.717) is 38.2 Å². The van der Waals surface area contributed by atoms with Gasteiger partial charge in [-0.2, -0.15) is 5.10 Å². The molecule has 148 valence electrons. The first kappa shape index (κ1) is 17.9. The number of piperidine rings is 1. The Bertz CT molecular complexity index is 1090. The summed E-state index contributed by atoms with van der Waals surface area (Å²) < 4.78 is 6.14. The van der Waals surface area contributed by atoms with E-state index in [0.717, 1.165) is 17.7 Å². The third-order valence-corrected chi connectivity index (χ3v) is 6.01. The van der Waals surface area contributed by atoms with Crippen LogP contribution in [0.15, 0.2) is 53.5 Å². The van der Waals surface area contributed by atoms with Crippen LogP contribution in [-0.4, -0.2) is 45.7 Å². The Balaban J connectivity index is 1.34. The van der Waals surface area contributed by atoms with Crippen molar-refractivity contribution in [1.82, 2.24) is 20.1 Å². The Morgan fingerprint density at radius 1 is 1.10 bits per heavy atom. The summed E-state index contributed by atoms with van der Waals surface area (Å²) in [6, 6.07) is 13.0. The van der Waals surface area contributed by atoms with Gasteiger partial charge in [-0.25, -0.2) is 0 Å². The molecule has 1 amide bonds. The minimum Gasteiger partial charge on any atom is -0.368 e. The lowest BCUT2D eigenvalue weighted by atomic mass is 9.83. The second-order valence-electron chi connectivity index (χ2n) is 7.64. The molecular formula is C22H22N4O3. The molecule has 1 spiro atoms. The number of nitrogens with one attached hydrogen (secondary N) is 2. The average molecular weight is 390 g/mol. The first-order valence-corrected chi connectivity index (χ1v) is 9.91. The highest BCUT2D eigenvalue weighted by molar-refractivity contribution is 5.94. The monoisotopic (exact) mass is 390 g/mol. The third kappa shape index (κ3) is 3.07. The molecule has 7 nitrogen and oxygen atoms in total. The van der Waals surface area contributed by atoms with Gasteiger partial charge < -0.3 is 14.6 Å². The first-order valence-electron chi connectivity index (χ1n) is 9.91. The fourth-order valence-electron chi connectivity index (χ4n) is 4.39. The average Bonchev–Trinajstić information content (AvgIpc) is 3.25. The lowest BCUT2D eigenvalue weighted by Crippen LogP contribution is -2.49. The normalized spacial score (nSPS) is 17.9. The van der Waals surface area contributed by atoms with Gasteiger partial charge in [0.05, 0.1) is 18.5 Å². The van der Waals surface area contributed by atoms with Crippen molar-refractivity contribution in [3.63, 3.8) is 0 Å². The molecule has 0 atom stereocenters. The topological polar surface area (TPSA) is 91.1 Å². The largest absolute Gasteiger partial charge is 0.368 e. The smallest absolute Gasteiger partial charge is 0.261 e. The number of pyridine rings is 1. The highest BCUT2D eigenvalue weighted by atomic mass is 16.5. The summed E-state index contributed by atoms with van der Waals surface area (Å²) in [5.41, 5.74) is 3.27. The molecule has 0 saturated carbocycles. The quantitative estimate of drug-likeness (QED) is 0.703. The van der Waals surface area contributed by atoms with Crippen LogP contribution in [0.3, 0.4) is 0 Å². The molecule has 1 saturated heterocycles. The van der Waals surface area contributed by atoms with Gasteiger partial charge in [0.1, 0.15) is 11.2 Å². The van der Waals surface area contributed by atoms with Crippen LogP contribution >= 0.6 is 0 Å². The zero-order chi connectivity index (χ0) is 19.8.